The molecule has 2 saturated carbocycles. The number of carbonyl (C=O) groups is 4. The number of carbonyl (C=O) groups excluding carboxylic acids is 4. The first-order chi connectivity index (χ1) is 16.2. The molecule has 0 aromatic rings. The third-order valence-corrected chi connectivity index (χ3v) is 10.2. The van der Waals surface area contributed by atoms with Gasteiger partial charge in [-0.15, -0.1) is 0 Å². The van der Waals surface area contributed by atoms with E-state index in [0.29, 0.717) is 12.8 Å². The highest BCUT2D eigenvalue weighted by Gasteiger charge is 2.88. The topological polar surface area (TPSA) is 129 Å². The van der Waals surface area contributed by atoms with Crippen LogP contribution < -0.4 is 0 Å². The van der Waals surface area contributed by atoms with Crippen molar-refractivity contribution in [1.82, 2.24) is 0 Å². The van der Waals surface area contributed by atoms with Crippen molar-refractivity contribution in [1.29, 1.82) is 0 Å². The Morgan fingerprint density at radius 3 is 2.34 bits per heavy atom. The maximum atomic E-state index is 14.2. The minimum atomic E-state index is -1.41. The lowest BCUT2D eigenvalue weighted by Crippen LogP contribution is -2.72. The molecule has 9 atom stereocenters. The molecule has 4 aliphatic heterocycles. The van der Waals surface area contributed by atoms with E-state index in [9.17, 15) is 24.3 Å². The van der Waals surface area contributed by atoms with Gasteiger partial charge < -0.3 is 24.1 Å². The maximum Gasteiger partial charge on any atom is 0.340 e. The van der Waals surface area contributed by atoms with Crippen molar-refractivity contribution in [2.75, 3.05) is 0 Å². The second-order valence-electron chi connectivity index (χ2n) is 12.1. The summed E-state index contributed by atoms with van der Waals surface area (Å²) in [5.41, 5.74) is -4.53. The number of allylic oxidation sites excluding steroid dienone is 1. The van der Waals surface area contributed by atoms with Gasteiger partial charge in [0.15, 0.2) is 6.10 Å². The lowest BCUT2D eigenvalue weighted by Gasteiger charge is -2.64. The largest absolute Gasteiger partial charge is 0.456 e. The normalized spacial score (nSPS) is 51.5. The molecule has 6 aliphatic rings. The standard InChI is InChI=1S/C26H30O9/c1-22(2)14-11-15(27)25(5)13(23(14,3)8-7-16(28)34-22)6-9-24(4)18(12-10-17(29)32-20(12)30)33-21(31)19-26(24,25)35-19/h7-8,10,13-14,17-19,29H,6,9,11H2,1-5H3/t13-,14+,17?,18+,19-,23-,24+,25+,26-/m1/s1. The van der Waals surface area contributed by atoms with Crippen LogP contribution in [0.15, 0.2) is 23.8 Å². The molecule has 4 heterocycles. The van der Waals surface area contributed by atoms with Crippen molar-refractivity contribution >= 4 is 23.7 Å². The van der Waals surface area contributed by atoms with Crippen LogP contribution in [0.2, 0.25) is 0 Å². The molecule has 0 radical (unpaired) electrons. The molecule has 9 heteroatoms. The highest BCUT2D eigenvalue weighted by atomic mass is 16.7. The first-order valence-corrected chi connectivity index (χ1v) is 12.2. The lowest BCUT2D eigenvalue weighted by atomic mass is 9.37. The highest BCUT2D eigenvalue weighted by molar-refractivity contribution is 5.96. The Hall–Kier alpha value is -2.52. The lowest BCUT2D eigenvalue weighted by molar-refractivity contribution is -0.211. The molecule has 2 aliphatic carbocycles. The van der Waals surface area contributed by atoms with Gasteiger partial charge in [-0.3, -0.25) is 4.79 Å². The molecule has 1 spiro atoms. The van der Waals surface area contributed by atoms with Gasteiger partial charge in [0, 0.05) is 23.8 Å². The number of epoxide rings is 1. The van der Waals surface area contributed by atoms with Crippen LogP contribution in [0.1, 0.15) is 53.9 Å². The third-order valence-electron chi connectivity index (χ3n) is 10.2. The van der Waals surface area contributed by atoms with E-state index < -0.39 is 63.9 Å². The van der Waals surface area contributed by atoms with E-state index in [1.807, 2.05) is 33.8 Å². The zero-order valence-corrected chi connectivity index (χ0v) is 20.5. The Kier molecular flexibility index (Phi) is 4.20. The van der Waals surface area contributed by atoms with Gasteiger partial charge in [0.2, 0.25) is 6.29 Å². The van der Waals surface area contributed by atoms with Gasteiger partial charge in [-0.2, -0.15) is 0 Å². The fourth-order valence-electron chi connectivity index (χ4n) is 8.67. The summed E-state index contributed by atoms with van der Waals surface area (Å²) in [5.74, 6) is -2.36. The molecule has 2 saturated heterocycles. The van der Waals surface area contributed by atoms with Gasteiger partial charge in [-0.05, 0) is 51.0 Å². The summed E-state index contributed by atoms with van der Waals surface area (Å²) in [5, 5.41) is 9.87. The molecule has 0 amide bonds. The molecule has 4 fully saturated rings. The molecule has 1 unspecified atom stereocenters. The Morgan fingerprint density at radius 1 is 0.971 bits per heavy atom. The van der Waals surface area contributed by atoms with Crippen molar-refractivity contribution in [2.24, 2.45) is 28.1 Å². The van der Waals surface area contributed by atoms with Gasteiger partial charge >= 0.3 is 17.9 Å². The molecular formula is C26H30O9. The van der Waals surface area contributed by atoms with Crippen molar-refractivity contribution in [2.45, 2.75) is 83.6 Å². The van der Waals surface area contributed by atoms with Gasteiger partial charge in [-0.1, -0.05) is 19.9 Å². The predicted octanol–water partition coefficient (Wildman–Crippen LogP) is 1.76. The van der Waals surface area contributed by atoms with Crippen LogP contribution in [-0.4, -0.2) is 58.5 Å². The number of Topliss-reactive ketones (excluding diaryl/α,β-unsaturated/α-hetero) is 1. The highest BCUT2D eigenvalue weighted by Crippen LogP contribution is 2.77. The molecule has 1 N–H and O–H groups in total. The van der Waals surface area contributed by atoms with E-state index in [0.717, 1.165) is 0 Å². The zero-order valence-electron chi connectivity index (χ0n) is 20.5. The van der Waals surface area contributed by atoms with Crippen LogP contribution in [0, 0.1) is 28.1 Å². The summed E-state index contributed by atoms with van der Waals surface area (Å²) in [6.45, 7) is 9.52. The number of rotatable bonds is 1. The van der Waals surface area contributed by atoms with E-state index in [4.69, 9.17) is 18.9 Å². The second kappa shape index (κ2) is 6.42. The fraction of sp³-hybridized carbons (Fsp3) is 0.692. The van der Waals surface area contributed by atoms with E-state index in [-0.39, 0.29) is 29.6 Å². The number of aliphatic hydroxyl groups excluding tert-OH is 1. The number of esters is 3. The van der Waals surface area contributed by atoms with E-state index in [1.54, 1.807) is 0 Å². The molecule has 35 heavy (non-hydrogen) atoms. The number of ether oxygens (including phenoxy) is 4. The number of cyclic esters (lactones) is 3. The molecule has 0 bridgehead atoms. The molecule has 6 rings (SSSR count). The summed E-state index contributed by atoms with van der Waals surface area (Å²) in [6, 6.07) is 0. The summed E-state index contributed by atoms with van der Waals surface area (Å²) >= 11 is 0. The Morgan fingerprint density at radius 2 is 1.69 bits per heavy atom. The molecular weight excluding hydrogens is 456 g/mol. The zero-order chi connectivity index (χ0) is 25.3. The van der Waals surface area contributed by atoms with Crippen molar-refractivity contribution in [3.63, 3.8) is 0 Å². The SMILES string of the molecule is CC1(C)OC(=O)C=C[C@]2(C)[C@H]3CC[C@@]4(C)[C@H](C5=CC(O)OC5=O)OC(=O)[C@H]5O[C@]54[C@]3(C)C(=O)C[C@@H]12. The minimum Gasteiger partial charge on any atom is -0.456 e. The number of ketones is 1. The monoisotopic (exact) mass is 486 g/mol. The van der Waals surface area contributed by atoms with E-state index in [2.05, 4.69) is 6.92 Å². The predicted molar refractivity (Wildman–Crippen MR) is 117 cm³/mol. The van der Waals surface area contributed by atoms with Gasteiger partial charge in [0.1, 0.15) is 23.1 Å². The quantitative estimate of drug-likeness (QED) is 0.335. The fourth-order valence-corrected chi connectivity index (χ4v) is 8.67. The van der Waals surface area contributed by atoms with Crippen LogP contribution >= 0.6 is 0 Å². The summed E-state index contributed by atoms with van der Waals surface area (Å²) < 4.78 is 22.6. The molecule has 9 nitrogen and oxygen atoms in total. The van der Waals surface area contributed by atoms with Crippen LogP contribution in [0.25, 0.3) is 0 Å². The Labute approximate surface area is 202 Å². The van der Waals surface area contributed by atoms with Crippen molar-refractivity contribution in [3.8, 4) is 0 Å². The Balaban J connectivity index is 1.51. The van der Waals surface area contributed by atoms with Gasteiger partial charge in [-0.25, -0.2) is 14.4 Å². The van der Waals surface area contributed by atoms with Gasteiger partial charge in [0.05, 0.1) is 11.0 Å². The Bertz CT molecular complexity index is 1150. The summed E-state index contributed by atoms with van der Waals surface area (Å²) in [4.78, 5) is 52.2. The third kappa shape index (κ3) is 2.46. The second-order valence-corrected chi connectivity index (χ2v) is 12.1. The van der Waals surface area contributed by atoms with Crippen molar-refractivity contribution < 1.29 is 43.2 Å². The summed E-state index contributed by atoms with van der Waals surface area (Å²) in [7, 11) is 0. The number of hydrogen-bond acceptors (Lipinski definition) is 9. The molecule has 0 aromatic carbocycles. The van der Waals surface area contributed by atoms with Crippen LogP contribution in [0.4, 0.5) is 0 Å². The average molecular weight is 487 g/mol. The van der Waals surface area contributed by atoms with Crippen LogP contribution in [0.3, 0.4) is 0 Å². The number of aliphatic hydroxyl groups is 1. The first kappa shape index (κ1) is 22.9. The van der Waals surface area contributed by atoms with E-state index >= 15 is 0 Å². The number of hydrogen-bond donors (Lipinski definition) is 1. The average Bonchev–Trinajstić information content (AvgIpc) is 3.47. The summed E-state index contributed by atoms with van der Waals surface area (Å²) in [6.07, 6.45) is 2.48. The van der Waals surface area contributed by atoms with Crippen LogP contribution in [0.5, 0.6) is 0 Å². The van der Waals surface area contributed by atoms with Gasteiger partial charge in [0.25, 0.3) is 0 Å². The molecule has 0 aromatic heterocycles. The smallest absolute Gasteiger partial charge is 0.340 e. The van der Waals surface area contributed by atoms with Crippen LogP contribution in [-0.2, 0) is 38.1 Å². The number of fused-ring (bicyclic) bond motifs is 3. The first-order valence-electron chi connectivity index (χ1n) is 12.2. The van der Waals surface area contributed by atoms with E-state index in [1.165, 1.54) is 12.2 Å². The maximum absolute atomic E-state index is 14.2. The van der Waals surface area contributed by atoms with Crippen molar-refractivity contribution in [3.05, 3.63) is 23.8 Å². The minimum absolute atomic E-state index is 0.0470. The molecule has 188 valence electrons.